The van der Waals surface area contributed by atoms with Crippen molar-refractivity contribution in [3.05, 3.63) is 12.2 Å². The number of carbonyl (C=O) groups is 1. The van der Waals surface area contributed by atoms with Crippen molar-refractivity contribution in [3.63, 3.8) is 0 Å². The average Bonchev–Trinajstić information content (AvgIpc) is 2.11. The molecule has 0 aliphatic rings. The summed E-state index contributed by atoms with van der Waals surface area (Å²) in [5, 5.41) is 0. The minimum atomic E-state index is -0.298. The molecule has 0 amide bonds. The maximum Gasteiger partial charge on any atom is 0.337 e. The van der Waals surface area contributed by atoms with Gasteiger partial charge in [0.1, 0.15) is 0 Å². The average molecular weight is 219 g/mol. The van der Waals surface area contributed by atoms with Crippen molar-refractivity contribution in [1.29, 1.82) is 0 Å². The van der Waals surface area contributed by atoms with Gasteiger partial charge in [0.15, 0.2) is 0 Å². The summed E-state index contributed by atoms with van der Waals surface area (Å²) >= 11 is 0. The summed E-state index contributed by atoms with van der Waals surface area (Å²) in [6.07, 6.45) is 2.31. The Bertz CT molecular complexity index is 215. The second-order valence-corrected chi connectivity index (χ2v) is 4.35. The molecule has 15 heavy (non-hydrogen) atoms. The maximum absolute atomic E-state index is 11.1. The SMILES string of the molecule is C=C(C)C(=O)OC[N+](C)(C)CCCC.[F-]. The fourth-order valence-electron chi connectivity index (χ4n) is 1.01. The van der Waals surface area contributed by atoms with E-state index in [4.69, 9.17) is 4.74 Å². The largest absolute Gasteiger partial charge is 1.00 e. The molecule has 0 atom stereocenters. The summed E-state index contributed by atoms with van der Waals surface area (Å²) in [7, 11) is 4.11. The molecule has 3 nitrogen and oxygen atoms in total. The van der Waals surface area contributed by atoms with Crippen molar-refractivity contribution in [3.8, 4) is 0 Å². The maximum atomic E-state index is 11.1. The predicted molar refractivity (Wildman–Crippen MR) is 57.7 cm³/mol. The van der Waals surface area contributed by atoms with Crippen LogP contribution in [0.2, 0.25) is 0 Å². The lowest BCUT2D eigenvalue weighted by Crippen LogP contribution is -3.00. The molecule has 0 rings (SSSR count). The number of ether oxygens (including phenoxy) is 1. The zero-order chi connectivity index (χ0) is 11.2. The third-order valence-electron chi connectivity index (χ3n) is 2.01. The van der Waals surface area contributed by atoms with Gasteiger partial charge in [-0.2, -0.15) is 0 Å². The number of quaternary nitrogens is 1. The Labute approximate surface area is 91.7 Å². The molecule has 0 N–H and O–H groups in total. The highest BCUT2D eigenvalue weighted by Gasteiger charge is 2.16. The Morgan fingerprint density at radius 3 is 2.33 bits per heavy atom. The molecule has 0 aliphatic heterocycles. The standard InChI is InChI=1S/C11H22NO2.FH/c1-6-7-8-12(4,5)9-14-11(13)10(2)3;/h2,6-9H2,1,3-5H3;1H/q+1;/p-1. The summed E-state index contributed by atoms with van der Waals surface area (Å²) in [6, 6.07) is 0. The van der Waals surface area contributed by atoms with E-state index in [-0.39, 0.29) is 10.7 Å². The molecule has 0 spiro atoms. The van der Waals surface area contributed by atoms with Gasteiger partial charge in [-0.25, -0.2) is 4.79 Å². The Hall–Kier alpha value is -0.900. The number of hydrogen-bond acceptors (Lipinski definition) is 2. The molecule has 0 heterocycles. The third-order valence-corrected chi connectivity index (χ3v) is 2.01. The summed E-state index contributed by atoms with van der Waals surface area (Å²) in [4.78, 5) is 11.1. The number of rotatable bonds is 6. The lowest BCUT2D eigenvalue weighted by Gasteiger charge is -2.28. The summed E-state index contributed by atoms with van der Waals surface area (Å²) in [6.45, 7) is 8.80. The molecular weight excluding hydrogens is 197 g/mol. The normalized spacial score (nSPS) is 10.4. The minimum Gasteiger partial charge on any atom is -1.00 e. The van der Waals surface area contributed by atoms with Crippen molar-refractivity contribution in [2.45, 2.75) is 26.7 Å². The molecule has 0 saturated carbocycles. The van der Waals surface area contributed by atoms with Gasteiger partial charge in [-0.3, -0.25) is 4.48 Å². The fourth-order valence-corrected chi connectivity index (χ4v) is 1.01. The van der Waals surface area contributed by atoms with Crippen molar-refractivity contribution in [2.24, 2.45) is 0 Å². The quantitative estimate of drug-likeness (QED) is 0.246. The Morgan fingerprint density at radius 2 is 1.93 bits per heavy atom. The van der Waals surface area contributed by atoms with Gasteiger partial charge in [0.25, 0.3) is 0 Å². The van der Waals surface area contributed by atoms with E-state index in [0.29, 0.717) is 16.8 Å². The molecule has 0 aromatic rings. The zero-order valence-electron chi connectivity index (χ0n) is 10.2. The van der Waals surface area contributed by atoms with Crippen molar-refractivity contribution in [2.75, 3.05) is 27.4 Å². The van der Waals surface area contributed by atoms with E-state index in [1.807, 2.05) is 0 Å². The summed E-state index contributed by atoms with van der Waals surface area (Å²) in [5.41, 5.74) is 0.459. The minimum absolute atomic E-state index is 0. The van der Waals surface area contributed by atoms with Gasteiger partial charge in [-0.05, 0) is 13.3 Å². The van der Waals surface area contributed by atoms with Crippen LogP contribution in [0.25, 0.3) is 0 Å². The van der Waals surface area contributed by atoms with Gasteiger partial charge in [-0.1, -0.05) is 19.9 Å². The van der Waals surface area contributed by atoms with Crippen LogP contribution in [0.1, 0.15) is 26.7 Å². The van der Waals surface area contributed by atoms with Crippen LogP contribution in [0.3, 0.4) is 0 Å². The number of hydrogen-bond donors (Lipinski definition) is 0. The molecule has 90 valence electrons. The first-order valence-electron chi connectivity index (χ1n) is 5.03. The van der Waals surface area contributed by atoms with E-state index >= 15 is 0 Å². The van der Waals surface area contributed by atoms with Crippen molar-refractivity contribution < 1.29 is 18.7 Å². The zero-order valence-corrected chi connectivity index (χ0v) is 10.2. The van der Waals surface area contributed by atoms with Gasteiger partial charge < -0.3 is 9.44 Å². The Morgan fingerprint density at radius 1 is 1.40 bits per heavy atom. The molecule has 0 aromatic heterocycles. The Balaban J connectivity index is 0. The number of esters is 1. The highest BCUT2D eigenvalue weighted by atomic mass is 19.0. The van der Waals surface area contributed by atoms with Gasteiger partial charge in [0.2, 0.25) is 6.73 Å². The van der Waals surface area contributed by atoms with Crippen LogP contribution in [0, 0.1) is 0 Å². The third kappa shape index (κ3) is 8.12. The topological polar surface area (TPSA) is 26.3 Å². The Kier molecular flexibility index (Phi) is 8.15. The highest BCUT2D eigenvalue weighted by molar-refractivity contribution is 5.86. The van der Waals surface area contributed by atoms with E-state index in [1.165, 1.54) is 0 Å². The number of carbonyl (C=O) groups excluding carboxylic acids is 1. The lowest BCUT2D eigenvalue weighted by molar-refractivity contribution is -0.907. The molecule has 0 bridgehead atoms. The van der Waals surface area contributed by atoms with E-state index in [2.05, 4.69) is 27.6 Å². The molecule has 4 heteroatoms. The van der Waals surface area contributed by atoms with Gasteiger partial charge in [0.05, 0.1) is 20.6 Å². The lowest BCUT2D eigenvalue weighted by atomic mass is 10.3. The van der Waals surface area contributed by atoms with Crippen LogP contribution < -0.4 is 4.70 Å². The number of unbranched alkanes of at least 4 members (excludes halogenated alkanes) is 1. The second-order valence-electron chi connectivity index (χ2n) is 4.35. The summed E-state index contributed by atoms with van der Waals surface area (Å²) < 4.78 is 5.81. The molecular formula is C11H22FNO2. The van der Waals surface area contributed by atoms with Crippen molar-refractivity contribution in [1.82, 2.24) is 0 Å². The van der Waals surface area contributed by atoms with E-state index in [0.717, 1.165) is 19.4 Å². The first-order chi connectivity index (χ1) is 6.39. The first-order valence-corrected chi connectivity index (χ1v) is 5.03. The van der Waals surface area contributed by atoms with Gasteiger partial charge in [-0.15, -0.1) is 0 Å². The van der Waals surface area contributed by atoms with E-state index < -0.39 is 0 Å². The molecule has 0 fully saturated rings. The van der Waals surface area contributed by atoms with Gasteiger partial charge in [0, 0.05) is 5.57 Å². The molecule has 0 aromatic carbocycles. The monoisotopic (exact) mass is 219 g/mol. The molecule has 0 unspecified atom stereocenters. The van der Waals surface area contributed by atoms with Crippen LogP contribution in [0.5, 0.6) is 0 Å². The smallest absolute Gasteiger partial charge is 0.337 e. The van der Waals surface area contributed by atoms with Crippen LogP contribution in [-0.2, 0) is 9.53 Å². The van der Waals surface area contributed by atoms with E-state index in [9.17, 15) is 4.79 Å². The highest BCUT2D eigenvalue weighted by Crippen LogP contribution is 2.03. The second kappa shape index (κ2) is 7.40. The van der Waals surface area contributed by atoms with Crippen molar-refractivity contribution >= 4 is 5.97 Å². The van der Waals surface area contributed by atoms with Crippen LogP contribution in [0.15, 0.2) is 12.2 Å². The fraction of sp³-hybridized carbons (Fsp3) is 0.727. The predicted octanol–water partition coefficient (Wildman–Crippen LogP) is -1.06. The van der Waals surface area contributed by atoms with Crippen LogP contribution in [-0.4, -0.2) is 37.8 Å². The van der Waals surface area contributed by atoms with Crippen LogP contribution in [0.4, 0.5) is 0 Å². The first kappa shape index (κ1) is 16.5. The van der Waals surface area contributed by atoms with Gasteiger partial charge >= 0.3 is 5.97 Å². The molecule has 0 radical (unpaired) electrons. The molecule has 0 aliphatic carbocycles. The number of halogens is 1. The molecule has 0 saturated heterocycles. The summed E-state index contributed by atoms with van der Waals surface area (Å²) in [5.74, 6) is -0.298. The number of nitrogens with zero attached hydrogens (tertiary/aromatic N) is 1. The van der Waals surface area contributed by atoms with Crippen LogP contribution >= 0.6 is 0 Å². The van der Waals surface area contributed by atoms with E-state index in [1.54, 1.807) is 6.92 Å².